The number of allylic oxidation sites excluding steroid dienone is 4. The Morgan fingerprint density at radius 1 is 0.750 bits per heavy atom. The number of aryl methyl sites for hydroxylation is 1. The average Bonchev–Trinajstić information content (AvgIpc) is 2.97. The summed E-state index contributed by atoms with van der Waals surface area (Å²) >= 11 is 0. The van der Waals surface area contributed by atoms with E-state index < -0.39 is 0 Å². The number of rotatable bonds is 15. The second kappa shape index (κ2) is 17.3. The largest absolute Gasteiger partial charge is 0.378 e. The molecule has 40 heavy (non-hydrogen) atoms. The molecule has 1 heterocycles. The summed E-state index contributed by atoms with van der Waals surface area (Å²) in [5.41, 5.74) is 7.02. The number of nitrogens with zero attached hydrogens (tertiary/aromatic N) is 4. The van der Waals surface area contributed by atoms with E-state index in [0.717, 1.165) is 35.7 Å². The van der Waals surface area contributed by atoms with E-state index in [2.05, 4.69) is 137 Å². The Morgan fingerprint density at radius 3 is 1.82 bits per heavy atom. The molecule has 0 bridgehead atoms. The van der Waals surface area contributed by atoms with Gasteiger partial charge in [-0.2, -0.15) is 0 Å². The molecule has 0 radical (unpaired) electrons. The lowest BCUT2D eigenvalue weighted by atomic mass is 10.1. The van der Waals surface area contributed by atoms with E-state index in [1.54, 1.807) is 0 Å². The van der Waals surface area contributed by atoms with Gasteiger partial charge in [-0.3, -0.25) is 4.99 Å². The zero-order valence-corrected chi connectivity index (χ0v) is 25.7. The molecule has 0 aliphatic carbocycles. The van der Waals surface area contributed by atoms with Crippen LogP contribution in [0.25, 0.3) is 18.2 Å². The molecule has 0 aliphatic rings. The molecule has 4 nitrogen and oxygen atoms in total. The molecule has 1 aromatic heterocycles. The van der Waals surface area contributed by atoms with E-state index in [1.165, 1.54) is 22.5 Å². The van der Waals surface area contributed by atoms with Crippen LogP contribution in [0.1, 0.15) is 16.7 Å². The molecule has 0 atom stereocenters. The first-order valence-electron chi connectivity index (χ1n) is 13.4. The van der Waals surface area contributed by atoms with Gasteiger partial charge in [0.15, 0.2) is 18.9 Å². The van der Waals surface area contributed by atoms with Crippen molar-refractivity contribution in [3.8, 4) is 0 Å². The Kier molecular flexibility index (Phi) is 13.4. The van der Waals surface area contributed by atoms with E-state index in [-0.39, 0.29) is 0 Å². The third kappa shape index (κ3) is 11.3. The summed E-state index contributed by atoms with van der Waals surface area (Å²) in [6, 6.07) is 21.4. The summed E-state index contributed by atoms with van der Waals surface area (Å²) in [6.45, 7) is 5.71. The minimum atomic E-state index is 0.806. The first-order valence-corrected chi connectivity index (χ1v) is 15.9. The Labute approximate surface area is 248 Å². The van der Waals surface area contributed by atoms with Crippen molar-refractivity contribution in [1.82, 2.24) is 0 Å². The molecule has 3 rings (SSSR count). The van der Waals surface area contributed by atoms with Gasteiger partial charge in [0, 0.05) is 70.2 Å². The van der Waals surface area contributed by atoms with Crippen LogP contribution in [-0.2, 0) is 6.54 Å². The average molecular weight is 570 g/mol. The van der Waals surface area contributed by atoms with Crippen LogP contribution in [-0.4, -0.2) is 52.5 Å². The standard InChI is InChI=1S/C34H41N4S2/c1-6-29(7-8-30-11-15-33(16-12-30)36(2)3)19-22-35-23-27-39-40-28-26-38-24-20-32(21-25-38)10-9-31-13-17-34(18-14-31)37(4)5/h6-22,24-25H,1,23,26-28H2,2-5H3/q+1. The van der Waals surface area contributed by atoms with E-state index in [9.17, 15) is 0 Å². The zero-order valence-electron chi connectivity index (χ0n) is 24.1. The number of aromatic nitrogens is 1. The molecule has 0 aliphatic heterocycles. The van der Waals surface area contributed by atoms with Crippen LogP contribution >= 0.6 is 21.6 Å². The molecule has 6 heteroatoms. The first-order chi connectivity index (χ1) is 19.4. The van der Waals surface area contributed by atoms with Crippen molar-refractivity contribution in [3.63, 3.8) is 0 Å². The molecule has 0 spiro atoms. The minimum Gasteiger partial charge on any atom is -0.378 e. The summed E-state index contributed by atoms with van der Waals surface area (Å²) < 4.78 is 2.24. The van der Waals surface area contributed by atoms with Gasteiger partial charge in [0.05, 0.1) is 5.75 Å². The van der Waals surface area contributed by atoms with Crippen LogP contribution in [0.15, 0.2) is 108 Å². The summed E-state index contributed by atoms with van der Waals surface area (Å²) in [5.74, 6) is 2.06. The summed E-state index contributed by atoms with van der Waals surface area (Å²) in [4.78, 5) is 8.73. The van der Waals surface area contributed by atoms with Crippen molar-refractivity contribution < 1.29 is 4.57 Å². The molecule has 0 unspecified atom stereocenters. The molecule has 208 valence electrons. The predicted molar refractivity (Wildman–Crippen MR) is 183 cm³/mol. The first kappa shape index (κ1) is 31.1. The van der Waals surface area contributed by atoms with Crippen LogP contribution in [0, 0.1) is 0 Å². The molecule has 0 saturated heterocycles. The van der Waals surface area contributed by atoms with E-state index in [0.29, 0.717) is 0 Å². The van der Waals surface area contributed by atoms with Gasteiger partial charge in [-0.05, 0) is 52.6 Å². The van der Waals surface area contributed by atoms with Gasteiger partial charge < -0.3 is 9.80 Å². The SMILES string of the molecule is C=CC(C=Cc1ccc(N(C)C)cc1)=CC=NCCSSCC[n+]1ccc(C=Cc2ccc(N(C)C)cc2)cc1. The van der Waals surface area contributed by atoms with Gasteiger partial charge >= 0.3 is 0 Å². The Hall–Kier alpha value is -3.48. The zero-order chi connectivity index (χ0) is 28.6. The van der Waals surface area contributed by atoms with E-state index in [4.69, 9.17) is 0 Å². The third-order valence-electron chi connectivity index (χ3n) is 6.10. The van der Waals surface area contributed by atoms with Gasteiger partial charge in [-0.15, -0.1) is 0 Å². The summed E-state index contributed by atoms with van der Waals surface area (Å²) in [7, 11) is 12.0. The number of hydrogen-bond acceptors (Lipinski definition) is 5. The molecule has 0 fully saturated rings. The van der Waals surface area contributed by atoms with E-state index in [1.807, 2.05) is 54.0 Å². The van der Waals surface area contributed by atoms with E-state index >= 15 is 0 Å². The van der Waals surface area contributed by atoms with Crippen LogP contribution in [0.3, 0.4) is 0 Å². The second-order valence-corrected chi connectivity index (χ2v) is 12.3. The predicted octanol–water partition coefficient (Wildman–Crippen LogP) is 7.55. The fourth-order valence-corrected chi connectivity index (χ4v) is 5.49. The second-order valence-electron chi connectivity index (χ2n) is 9.58. The number of pyridine rings is 1. The third-order valence-corrected chi connectivity index (χ3v) is 8.47. The molecule has 0 saturated carbocycles. The summed E-state index contributed by atoms with van der Waals surface area (Å²) in [5, 5.41) is 0. The Bertz CT molecular complexity index is 1290. The van der Waals surface area contributed by atoms with Crippen LogP contribution in [0.4, 0.5) is 11.4 Å². The highest BCUT2D eigenvalue weighted by molar-refractivity contribution is 8.76. The highest BCUT2D eigenvalue weighted by atomic mass is 33.1. The van der Waals surface area contributed by atoms with Gasteiger partial charge in [0.2, 0.25) is 0 Å². The smallest absolute Gasteiger partial charge is 0.169 e. The van der Waals surface area contributed by atoms with Gasteiger partial charge in [0.1, 0.15) is 0 Å². The molecular weight excluding hydrogens is 529 g/mol. The number of benzene rings is 2. The topological polar surface area (TPSA) is 22.7 Å². The summed E-state index contributed by atoms with van der Waals surface area (Å²) in [6.07, 6.45) is 18.5. The molecular formula is C34H41N4S2+. The lowest BCUT2D eigenvalue weighted by Crippen LogP contribution is -2.33. The molecule has 0 N–H and O–H groups in total. The lowest BCUT2D eigenvalue weighted by molar-refractivity contribution is -0.692. The number of hydrogen-bond donors (Lipinski definition) is 0. The van der Waals surface area contributed by atoms with Crippen LogP contribution < -0.4 is 14.4 Å². The van der Waals surface area contributed by atoms with Crippen LogP contribution in [0.5, 0.6) is 0 Å². The lowest BCUT2D eigenvalue weighted by Gasteiger charge is -2.11. The van der Waals surface area contributed by atoms with Crippen LogP contribution in [0.2, 0.25) is 0 Å². The van der Waals surface area contributed by atoms with Crippen molar-refractivity contribution in [2.75, 3.05) is 56.0 Å². The highest BCUT2D eigenvalue weighted by Gasteiger charge is 2.01. The molecule has 2 aromatic carbocycles. The maximum Gasteiger partial charge on any atom is 0.169 e. The highest BCUT2D eigenvalue weighted by Crippen LogP contribution is 2.20. The fourth-order valence-electron chi connectivity index (χ4n) is 3.64. The number of anilines is 2. The molecule has 3 aromatic rings. The monoisotopic (exact) mass is 569 g/mol. The molecule has 0 amide bonds. The normalized spacial score (nSPS) is 12.1. The van der Waals surface area contributed by atoms with Crippen molar-refractivity contribution in [2.24, 2.45) is 4.99 Å². The quantitative estimate of drug-likeness (QED) is 0.0620. The van der Waals surface area contributed by atoms with Gasteiger partial charge in [0.25, 0.3) is 0 Å². The Morgan fingerprint density at radius 2 is 1.27 bits per heavy atom. The van der Waals surface area contributed by atoms with Gasteiger partial charge in [-0.25, -0.2) is 4.57 Å². The van der Waals surface area contributed by atoms with Crippen molar-refractivity contribution in [3.05, 3.63) is 120 Å². The minimum absolute atomic E-state index is 0.806. The van der Waals surface area contributed by atoms with Crippen molar-refractivity contribution in [2.45, 2.75) is 6.54 Å². The number of aliphatic imine (C=N–C) groups is 1. The van der Waals surface area contributed by atoms with Gasteiger partial charge in [-0.1, -0.05) is 82.8 Å². The van der Waals surface area contributed by atoms with Crippen molar-refractivity contribution >= 4 is 57.4 Å². The maximum absolute atomic E-state index is 4.53. The maximum atomic E-state index is 4.53. The Balaban J connectivity index is 1.31. The van der Waals surface area contributed by atoms with Crippen molar-refractivity contribution in [1.29, 1.82) is 0 Å². The fraction of sp³-hybridized carbons (Fsp3) is 0.235.